The van der Waals surface area contributed by atoms with E-state index in [4.69, 9.17) is 4.74 Å². The van der Waals surface area contributed by atoms with E-state index in [0.29, 0.717) is 7.05 Å². The Morgan fingerprint density at radius 3 is 2.26 bits per heavy atom. The Morgan fingerprint density at radius 1 is 1.19 bits per heavy atom. The summed E-state index contributed by atoms with van der Waals surface area (Å²) in [6, 6.07) is 1.80. The lowest BCUT2D eigenvalue weighted by Gasteiger charge is -2.21. The number of ether oxygens (including phenoxy) is 2. The van der Waals surface area contributed by atoms with Crippen LogP contribution in [0, 0.1) is 5.95 Å². The van der Waals surface area contributed by atoms with Crippen molar-refractivity contribution in [2.24, 2.45) is 0 Å². The summed E-state index contributed by atoms with van der Waals surface area (Å²) in [4.78, 5) is 35.0. The van der Waals surface area contributed by atoms with Gasteiger partial charge in [-0.2, -0.15) is 17.6 Å². The molecule has 1 aromatic carbocycles. The minimum atomic E-state index is -5.30. The molecule has 1 aromatic heterocycles. The van der Waals surface area contributed by atoms with E-state index in [9.17, 15) is 36.4 Å². The Morgan fingerprint density at radius 2 is 1.78 bits per heavy atom. The SMILES string of the molecule is COC(=O)c1c(F)n(F)c2c(OC)ccc(N(C)C(=O)C(F)(F)F)c2c1=O. The smallest absolute Gasteiger partial charge is 0.471 e. The van der Waals surface area contributed by atoms with Crippen molar-refractivity contribution in [3.8, 4) is 5.75 Å². The van der Waals surface area contributed by atoms with Crippen molar-refractivity contribution >= 4 is 28.5 Å². The zero-order valence-electron chi connectivity index (χ0n) is 14.0. The van der Waals surface area contributed by atoms with Gasteiger partial charge in [-0.25, -0.2) is 4.79 Å². The molecule has 0 atom stereocenters. The molecule has 0 aliphatic heterocycles. The molecule has 0 saturated carbocycles. The zero-order chi connectivity index (χ0) is 20.7. The van der Waals surface area contributed by atoms with Crippen LogP contribution < -0.4 is 15.1 Å². The third-order valence-corrected chi connectivity index (χ3v) is 3.67. The van der Waals surface area contributed by atoms with Gasteiger partial charge < -0.3 is 14.4 Å². The maximum Gasteiger partial charge on any atom is 0.471 e. The Balaban J connectivity index is 3.01. The Kier molecular flexibility index (Phi) is 5.11. The number of fused-ring (bicyclic) bond motifs is 1. The summed E-state index contributed by atoms with van der Waals surface area (Å²) >= 11 is 0. The molecule has 12 heteroatoms. The van der Waals surface area contributed by atoms with Crippen LogP contribution in [0.3, 0.4) is 0 Å². The van der Waals surface area contributed by atoms with Crippen molar-refractivity contribution in [1.82, 2.24) is 4.79 Å². The molecule has 146 valence electrons. The number of rotatable bonds is 3. The summed E-state index contributed by atoms with van der Waals surface area (Å²) in [6.07, 6.45) is -5.30. The second-order valence-corrected chi connectivity index (χ2v) is 5.14. The monoisotopic (exact) mass is 394 g/mol. The van der Waals surface area contributed by atoms with Gasteiger partial charge in [-0.15, -0.1) is 4.79 Å². The van der Waals surface area contributed by atoms with Crippen molar-refractivity contribution in [2.75, 3.05) is 26.2 Å². The lowest BCUT2D eigenvalue weighted by molar-refractivity contribution is -0.170. The van der Waals surface area contributed by atoms with E-state index in [0.717, 1.165) is 26.4 Å². The number of amides is 1. The van der Waals surface area contributed by atoms with Crippen molar-refractivity contribution in [3.63, 3.8) is 0 Å². The first-order valence-electron chi connectivity index (χ1n) is 7.01. The summed E-state index contributed by atoms with van der Waals surface area (Å²) in [7, 11) is 2.51. The maximum absolute atomic E-state index is 14.5. The van der Waals surface area contributed by atoms with Gasteiger partial charge in [-0.1, -0.05) is 4.48 Å². The molecule has 0 radical (unpaired) electrons. The highest BCUT2D eigenvalue weighted by atomic mass is 19.4. The Bertz CT molecular complexity index is 999. The van der Waals surface area contributed by atoms with Crippen LogP contribution in [0.1, 0.15) is 10.4 Å². The number of pyridine rings is 1. The molecule has 27 heavy (non-hydrogen) atoms. The summed E-state index contributed by atoms with van der Waals surface area (Å²) in [5.41, 5.74) is -4.46. The quantitative estimate of drug-likeness (QED) is 0.453. The van der Waals surface area contributed by atoms with E-state index in [1.807, 2.05) is 0 Å². The van der Waals surface area contributed by atoms with Crippen molar-refractivity contribution < 1.29 is 41.1 Å². The van der Waals surface area contributed by atoms with Gasteiger partial charge in [0.05, 0.1) is 25.3 Å². The molecule has 0 fully saturated rings. The average Bonchev–Trinajstić information content (AvgIpc) is 2.62. The van der Waals surface area contributed by atoms with Crippen LogP contribution in [0.2, 0.25) is 0 Å². The molecule has 0 spiro atoms. The summed E-state index contributed by atoms with van der Waals surface area (Å²) in [5, 5.41) is -0.876. The Labute approximate surface area is 147 Å². The first-order chi connectivity index (χ1) is 12.5. The van der Waals surface area contributed by atoms with Crippen LogP contribution in [-0.2, 0) is 9.53 Å². The number of halogens is 5. The first-order valence-corrected chi connectivity index (χ1v) is 7.01. The number of carbonyl (C=O) groups is 2. The third-order valence-electron chi connectivity index (χ3n) is 3.67. The number of aromatic nitrogens is 1. The first kappa shape index (κ1) is 20.1. The van der Waals surface area contributed by atoms with Gasteiger partial charge in [0.2, 0.25) is 11.4 Å². The molecule has 0 aliphatic carbocycles. The number of hydrogen-bond acceptors (Lipinski definition) is 5. The standard InChI is InChI=1S/C15H11F5N2O5/c1-21(14(25)15(17,18)19)6-4-5-7(26-2)10-8(6)11(23)9(13(24)27-3)12(16)22(10)20/h4-5H,1-3H3. The minimum absolute atomic E-state index is 0.0299. The second kappa shape index (κ2) is 6.85. The fraction of sp³-hybridized carbons (Fsp3) is 0.267. The third kappa shape index (κ3) is 3.17. The van der Waals surface area contributed by atoms with Crippen molar-refractivity contribution in [3.05, 3.63) is 33.9 Å². The number of anilines is 1. The molecular formula is C15H11F5N2O5. The molecule has 1 amide bonds. The van der Waals surface area contributed by atoms with Crippen LogP contribution in [0.5, 0.6) is 5.75 Å². The highest BCUT2D eigenvalue weighted by molar-refractivity contribution is 6.07. The van der Waals surface area contributed by atoms with Gasteiger partial charge in [0.15, 0.2) is 5.56 Å². The summed E-state index contributed by atoms with van der Waals surface area (Å²) in [5.74, 6) is -6.27. The van der Waals surface area contributed by atoms with Gasteiger partial charge >= 0.3 is 18.1 Å². The number of benzene rings is 1. The van der Waals surface area contributed by atoms with Crippen molar-refractivity contribution in [1.29, 1.82) is 0 Å². The summed E-state index contributed by atoms with van der Waals surface area (Å²) in [6.45, 7) is 0. The van der Waals surface area contributed by atoms with Gasteiger partial charge in [0.1, 0.15) is 11.3 Å². The number of methoxy groups -OCH3 is 2. The molecule has 1 heterocycles. The van der Waals surface area contributed by atoms with Gasteiger partial charge in [-0.3, -0.25) is 9.59 Å². The van der Waals surface area contributed by atoms with E-state index < -0.39 is 62.1 Å². The molecule has 0 saturated heterocycles. The predicted octanol–water partition coefficient (Wildman–Crippen LogP) is 2.19. The van der Waals surface area contributed by atoms with Crippen molar-refractivity contribution in [2.45, 2.75) is 6.18 Å². The molecule has 2 aromatic rings. The van der Waals surface area contributed by atoms with E-state index in [1.54, 1.807) is 0 Å². The molecule has 0 unspecified atom stereocenters. The number of nitrogens with zero attached hydrogens (tertiary/aromatic N) is 2. The van der Waals surface area contributed by atoms with Crippen LogP contribution in [-0.4, -0.2) is 44.1 Å². The van der Waals surface area contributed by atoms with E-state index in [2.05, 4.69) is 4.74 Å². The number of carbonyl (C=O) groups excluding carboxylic acids is 2. The predicted molar refractivity (Wildman–Crippen MR) is 82.0 cm³/mol. The number of alkyl halides is 3. The Hall–Kier alpha value is -3.18. The highest BCUT2D eigenvalue weighted by Crippen LogP contribution is 2.34. The minimum Gasteiger partial charge on any atom is -0.494 e. The summed E-state index contributed by atoms with van der Waals surface area (Å²) < 4.78 is 75.8. The zero-order valence-corrected chi connectivity index (χ0v) is 14.0. The average molecular weight is 394 g/mol. The molecule has 0 aliphatic rings. The maximum atomic E-state index is 14.5. The fourth-order valence-electron chi connectivity index (χ4n) is 2.42. The molecule has 0 bridgehead atoms. The number of esters is 1. The van der Waals surface area contributed by atoms with Gasteiger partial charge in [-0.05, 0) is 12.1 Å². The molecular weight excluding hydrogens is 383 g/mol. The molecule has 2 rings (SSSR count). The second-order valence-electron chi connectivity index (χ2n) is 5.14. The molecule has 0 N–H and O–H groups in total. The lowest BCUT2D eigenvalue weighted by Crippen LogP contribution is -2.39. The van der Waals surface area contributed by atoms with Crippen LogP contribution >= 0.6 is 0 Å². The van der Waals surface area contributed by atoms with E-state index >= 15 is 0 Å². The van der Waals surface area contributed by atoms with Crippen LogP contribution in [0.15, 0.2) is 16.9 Å². The fourth-order valence-corrected chi connectivity index (χ4v) is 2.42. The van der Waals surface area contributed by atoms with Crippen LogP contribution in [0.4, 0.5) is 27.7 Å². The highest BCUT2D eigenvalue weighted by Gasteiger charge is 2.42. The normalized spacial score (nSPS) is 11.4. The van der Waals surface area contributed by atoms with Crippen LogP contribution in [0.25, 0.3) is 10.9 Å². The number of hydrogen-bond donors (Lipinski definition) is 0. The topological polar surface area (TPSA) is 77.8 Å². The van der Waals surface area contributed by atoms with Gasteiger partial charge in [0, 0.05) is 7.05 Å². The van der Waals surface area contributed by atoms with E-state index in [-0.39, 0.29) is 4.90 Å². The molecule has 7 nitrogen and oxygen atoms in total. The lowest BCUT2D eigenvalue weighted by atomic mass is 10.1. The largest absolute Gasteiger partial charge is 0.494 e. The van der Waals surface area contributed by atoms with Gasteiger partial charge in [0.25, 0.3) is 0 Å². The van der Waals surface area contributed by atoms with E-state index in [1.165, 1.54) is 0 Å².